The normalized spacial score (nSPS) is 38.7. The fraction of sp³-hybridized carbons (Fsp3) is 0.806. The predicted octanol–water partition coefficient (Wildman–Crippen LogP) is 6.01. The lowest BCUT2D eigenvalue weighted by Crippen LogP contribution is -2.57. The summed E-state index contributed by atoms with van der Waals surface area (Å²) in [7, 11) is 1.49. The van der Waals surface area contributed by atoms with Gasteiger partial charge < -0.3 is 15.2 Å². The van der Waals surface area contributed by atoms with Gasteiger partial charge in [0.15, 0.2) is 0 Å². The van der Waals surface area contributed by atoms with Crippen molar-refractivity contribution in [3.63, 3.8) is 0 Å². The van der Waals surface area contributed by atoms with Gasteiger partial charge in [-0.25, -0.2) is 0 Å². The van der Waals surface area contributed by atoms with Crippen LogP contribution >= 0.6 is 0 Å². The predicted molar refractivity (Wildman–Crippen MR) is 144 cm³/mol. The molecule has 2 N–H and O–H groups in total. The molecular weight excluding hydrogens is 448 g/mol. The molecule has 0 saturated heterocycles. The Hall–Kier alpha value is -1.46. The second-order valence-electron chi connectivity index (χ2n) is 12.8. The van der Waals surface area contributed by atoms with Gasteiger partial charge in [-0.2, -0.15) is 0 Å². The van der Waals surface area contributed by atoms with Crippen molar-refractivity contribution in [1.29, 1.82) is 0 Å². The third-order valence-electron chi connectivity index (χ3n) is 11.3. The number of carbonyl (C=O) groups is 1. The third kappa shape index (κ3) is 5.25. The summed E-state index contributed by atoms with van der Waals surface area (Å²) >= 11 is 0. The van der Waals surface area contributed by atoms with Gasteiger partial charge in [-0.05, 0) is 110 Å². The van der Waals surface area contributed by atoms with Crippen LogP contribution in [0.4, 0.5) is 0 Å². The number of aromatic nitrogens is 1. The molecular formula is C31H50N2O3. The Morgan fingerprint density at radius 2 is 2.06 bits per heavy atom. The molecule has 3 fully saturated rings. The van der Waals surface area contributed by atoms with Crippen LogP contribution in [0.15, 0.2) is 24.4 Å². The molecule has 3 aliphatic rings. The summed E-state index contributed by atoms with van der Waals surface area (Å²) in [5, 5.41) is 15.2. The van der Waals surface area contributed by atoms with E-state index < -0.39 is 0 Å². The number of aliphatic hydroxyl groups is 1. The van der Waals surface area contributed by atoms with E-state index in [0.717, 1.165) is 38.0 Å². The number of hydrogen-bond donors (Lipinski definition) is 2. The van der Waals surface area contributed by atoms with Crippen molar-refractivity contribution in [2.24, 2.45) is 46.3 Å². The summed E-state index contributed by atoms with van der Waals surface area (Å²) in [6.45, 7) is 11.6. The van der Waals surface area contributed by atoms with E-state index in [1.54, 1.807) is 0 Å². The van der Waals surface area contributed by atoms with Crippen LogP contribution in [-0.2, 0) is 16.1 Å². The molecule has 0 bridgehead atoms. The number of fused-ring (bicyclic) bond motifs is 3. The summed E-state index contributed by atoms with van der Waals surface area (Å²) in [6.07, 6.45) is 11.3. The zero-order valence-electron chi connectivity index (χ0n) is 23.3. The summed E-state index contributed by atoms with van der Waals surface area (Å²) in [5.74, 6) is 3.25. The fourth-order valence-electron chi connectivity index (χ4n) is 9.14. The van der Waals surface area contributed by atoms with Gasteiger partial charge in [-0.1, -0.05) is 40.2 Å². The molecule has 4 rings (SSSR count). The summed E-state index contributed by atoms with van der Waals surface area (Å²) < 4.78 is 4.90. The summed E-state index contributed by atoms with van der Waals surface area (Å²) in [6, 6.07) is 6.07. The highest BCUT2D eigenvalue weighted by atomic mass is 16.5. The van der Waals surface area contributed by atoms with Gasteiger partial charge in [-0.3, -0.25) is 9.78 Å². The molecule has 1 aromatic rings. The van der Waals surface area contributed by atoms with Crippen molar-refractivity contribution in [2.45, 2.75) is 98.1 Å². The van der Waals surface area contributed by atoms with Crippen LogP contribution in [0.2, 0.25) is 0 Å². The minimum Gasteiger partial charge on any atom is -0.469 e. The number of esters is 1. The summed E-state index contributed by atoms with van der Waals surface area (Å²) in [5.41, 5.74) is 1.65. The first kappa shape index (κ1) is 27.6. The van der Waals surface area contributed by atoms with Crippen LogP contribution in [0, 0.1) is 46.3 Å². The maximum atomic E-state index is 11.8. The largest absolute Gasteiger partial charge is 0.469 e. The third-order valence-corrected chi connectivity index (χ3v) is 11.3. The zero-order valence-corrected chi connectivity index (χ0v) is 23.3. The average Bonchev–Trinajstić information content (AvgIpc) is 3.24. The quantitative estimate of drug-likeness (QED) is 0.305. The van der Waals surface area contributed by atoms with Crippen molar-refractivity contribution in [3.8, 4) is 0 Å². The van der Waals surface area contributed by atoms with Crippen molar-refractivity contribution in [2.75, 3.05) is 13.7 Å². The number of rotatable bonds is 10. The number of aliphatic hydroxyl groups excluding tert-OH is 1. The number of pyridine rings is 1. The minimum absolute atomic E-state index is 0.0905. The second kappa shape index (κ2) is 11.5. The van der Waals surface area contributed by atoms with Gasteiger partial charge in [0.25, 0.3) is 0 Å². The molecule has 0 aromatic carbocycles. The minimum atomic E-state index is -0.191. The molecule has 5 nitrogen and oxygen atoms in total. The molecule has 36 heavy (non-hydrogen) atoms. The van der Waals surface area contributed by atoms with Crippen molar-refractivity contribution in [3.05, 3.63) is 30.1 Å². The van der Waals surface area contributed by atoms with Crippen molar-refractivity contribution >= 4 is 5.97 Å². The Labute approximate surface area is 219 Å². The molecule has 1 aromatic heterocycles. The van der Waals surface area contributed by atoms with Crippen molar-refractivity contribution < 1.29 is 14.6 Å². The highest BCUT2D eigenvalue weighted by Crippen LogP contribution is 2.67. The Morgan fingerprint density at radius 3 is 2.75 bits per heavy atom. The monoisotopic (exact) mass is 498 g/mol. The van der Waals surface area contributed by atoms with Gasteiger partial charge in [0, 0.05) is 19.2 Å². The number of carbonyl (C=O) groups excluding carboxylic acids is 1. The molecule has 0 radical (unpaired) electrons. The van der Waals surface area contributed by atoms with Gasteiger partial charge in [-0.15, -0.1) is 0 Å². The van der Waals surface area contributed by atoms with E-state index in [9.17, 15) is 9.90 Å². The first-order valence-corrected chi connectivity index (χ1v) is 14.6. The van der Waals surface area contributed by atoms with Gasteiger partial charge in [0.2, 0.25) is 0 Å². The maximum Gasteiger partial charge on any atom is 0.305 e. The van der Waals surface area contributed by atoms with Crippen LogP contribution in [0.3, 0.4) is 0 Å². The molecule has 1 heterocycles. The van der Waals surface area contributed by atoms with E-state index in [-0.39, 0.29) is 22.9 Å². The molecule has 0 spiro atoms. The highest BCUT2D eigenvalue weighted by molar-refractivity contribution is 5.69. The van der Waals surface area contributed by atoms with Crippen molar-refractivity contribution in [1.82, 2.24) is 10.3 Å². The zero-order chi connectivity index (χ0) is 25.9. The molecule has 5 heteroatoms. The molecule has 3 saturated carbocycles. The van der Waals surface area contributed by atoms with Crippen LogP contribution < -0.4 is 5.32 Å². The standard InChI is InChI=1S/C31H50N2O3/c1-6-30(3)22(15-18-32-20-23-9-7-8-17-33-23)19-27(34)29-25-12-11-24(21(2)10-13-28(35)36-5)31(25,4)16-14-26(29)30/h7-9,17,21-22,24-27,29,32,34H,6,10-16,18-20H2,1-5H3. The fourth-order valence-corrected chi connectivity index (χ4v) is 9.14. The van der Waals surface area contributed by atoms with Crippen LogP contribution in [0.1, 0.15) is 91.2 Å². The first-order chi connectivity index (χ1) is 17.2. The van der Waals surface area contributed by atoms with E-state index in [2.05, 4.69) is 44.1 Å². The Morgan fingerprint density at radius 1 is 1.25 bits per heavy atom. The number of methoxy groups -OCH3 is 1. The number of hydrogen-bond acceptors (Lipinski definition) is 5. The van der Waals surface area contributed by atoms with Crippen LogP contribution in [-0.4, -0.2) is 35.8 Å². The van der Waals surface area contributed by atoms with E-state index in [0.29, 0.717) is 41.9 Å². The van der Waals surface area contributed by atoms with Crippen LogP contribution in [0.25, 0.3) is 0 Å². The molecule has 0 aliphatic heterocycles. The van der Waals surface area contributed by atoms with E-state index >= 15 is 0 Å². The molecule has 202 valence electrons. The molecule has 0 amide bonds. The van der Waals surface area contributed by atoms with E-state index in [1.807, 2.05) is 18.3 Å². The Kier molecular flexibility index (Phi) is 8.82. The van der Waals surface area contributed by atoms with E-state index in [1.165, 1.54) is 39.2 Å². The lowest BCUT2D eigenvalue weighted by molar-refractivity contribution is -0.156. The lowest BCUT2D eigenvalue weighted by Gasteiger charge is -2.61. The Balaban J connectivity index is 1.41. The SMILES string of the molecule is CCC1(C)C(CCNCc2ccccn2)CC(O)C2C1CCC1(C)C(C(C)CCC(=O)OC)CCC21. The Bertz CT molecular complexity index is 863. The highest BCUT2D eigenvalue weighted by Gasteiger charge is 2.61. The van der Waals surface area contributed by atoms with Crippen LogP contribution in [0.5, 0.6) is 0 Å². The molecule has 3 aliphatic carbocycles. The number of ether oxygens (including phenoxy) is 1. The molecule has 9 unspecified atom stereocenters. The topological polar surface area (TPSA) is 71.5 Å². The van der Waals surface area contributed by atoms with Gasteiger partial charge in [0.1, 0.15) is 0 Å². The van der Waals surface area contributed by atoms with Gasteiger partial charge in [0.05, 0.1) is 18.9 Å². The van der Waals surface area contributed by atoms with E-state index in [4.69, 9.17) is 4.74 Å². The number of nitrogens with zero attached hydrogens (tertiary/aromatic N) is 1. The number of nitrogens with one attached hydrogen (secondary N) is 1. The maximum absolute atomic E-state index is 11.8. The lowest BCUT2D eigenvalue weighted by atomic mass is 9.45. The second-order valence-corrected chi connectivity index (χ2v) is 12.8. The summed E-state index contributed by atoms with van der Waals surface area (Å²) in [4.78, 5) is 16.2. The molecule has 9 atom stereocenters. The smallest absolute Gasteiger partial charge is 0.305 e. The van der Waals surface area contributed by atoms with Gasteiger partial charge >= 0.3 is 5.97 Å². The average molecular weight is 499 g/mol. The first-order valence-electron chi connectivity index (χ1n) is 14.6.